The molecule has 0 N–H and O–H groups in total. The van der Waals surface area contributed by atoms with Crippen LogP contribution in [-0.2, 0) is 0 Å². The Hall–Kier alpha value is -2.69. The Morgan fingerprint density at radius 3 is 2.42 bits per heavy atom. The first-order valence-electron chi connectivity index (χ1n) is 5.67. The minimum Gasteiger partial charge on any atom is -0.311 e. The molecule has 0 saturated heterocycles. The van der Waals surface area contributed by atoms with Crippen molar-refractivity contribution >= 4 is 17.3 Å². The van der Waals surface area contributed by atoms with Gasteiger partial charge in [0, 0.05) is 30.4 Å². The highest BCUT2D eigenvalue weighted by atomic mass is 16.6. The molecule has 5 nitrogen and oxygen atoms in total. The molecule has 0 unspecified atom stereocenters. The number of rotatable bonds is 3. The molecule has 1 amide bonds. The lowest BCUT2D eigenvalue weighted by Crippen LogP contribution is -2.26. The van der Waals surface area contributed by atoms with E-state index in [-0.39, 0.29) is 11.6 Å². The molecule has 2 aromatic carbocycles. The topological polar surface area (TPSA) is 63.5 Å². The molecule has 0 aliphatic carbocycles. The number of benzene rings is 2. The first-order chi connectivity index (χ1) is 9.09. The number of carbonyl (C=O) groups excluding carboxylic acids is 1. The fourth-order valence-electron chi connectivity index (χ4n) is 1.72. The van der Waals surface area contributed by atoms with Crippen LogP contribution in [0.25, 0.3) is 0 Å². The van der Waals surface area contributed by atoms with E-state index < -0.39 is 4.92 Å². The van der Waals surface area contributed by atoms with Crippen LogP contribution in [0.15, 0.2) is 54.6 Å². The number of amides is 1. The molecule has 0 aromatic heterocycles. The van der Waals surface area contributed by atoms with E-state index >= 15 is 0 Å². The number of nitrogens with zero attached hydrogens (tertiary/aromatic N) is 2. The zero-order valence-electron chi connectivity index (χ0n) is 10.3. The van der Waals surface area contributed by atoms with Crippen LogP contribution in [0.2, 0.25) is 0 Å². The van der Waals surface area contributed by atoms with Gasteiger partial charge in [0.1, 0.15) is 0 Å². The summed E-state index contributed by atoms with van der Waals surface area (Å²) in [5.74, 6) is -0.282. The van der Waals surface area contributed by atoms with Crippen molar-refractivity contribution in [3.63, 3.8) is 0 Å². The zero-order valence-corrected chi connectivity index (χ0v) is 10.3. The average molecular weight is 256 g/mol. The fraction of sp³-hybridized carbons (Fsp3) is 0.0714. The second-order valence-corrected chi connectivity index (χ2v) is 4.01. The molecular weight excluding hydrogens is 244 g/mol. The van der Waals surface area contributed by atoms with Gasteiger partial charge in [0.2, 0.25) is 0 Å². The summed E-state index contributed by atoms with van der Waals surface area (Å²) < 4.78 is 0. The van der Waals surface area contributed by atoms with Crippen molar-refractivity contribution in [1.82, 2.24) is 0 Å². The molecule has 2 aromatic rings. The Bertz CT molecular complexity index is 611. The molecule has 0 aliphatic heterocycles. The number of carbonyl (C=O) groups is 1. The molecule has 0 saturated carbocycles. The normalized spacial score (nSPS) is 9.95. The van der Waals surface area contributed by atoms with Gasteiger partial charge in [0.05, 0.1) is 4.92 Å². The molecule has 0 aliphatic rings. The first kappa shape index (κ1) is 12.8. The van der Waals surface area contributed by atoms with Gasteiger partial charge in [0.25, 0.3) is 11.6 Å². The molecule has 5 heteroatoms. The second-order valence-electron chi connectivity index (χ2n) is 4.01. The van der Waals surface area contributed by atoms with Crippen LogP contribution in [0.5, 0.6) is 0 Å². The summed E-state index contributed by atoms with van der Waals surface area (Å²) >= 11 is 0. The lowest BCUT2D eigenvalue weighted by molar-refractivity contribution is -0.384. The van der Waals surface area contributed by atoms with Crippen LogP contribution in [0.3, 0.4) is 0 Å². The number of anilines is 1. The zero-order chi connectivity index (χ0) is 13.8. The SMILES string of the molecule is CN(C(=O)c1cccc([N+](=O)[O-])c1)c1ccccc1. The smallest absolute Gasteiger partial charge is 0.270 e. The molecule has 96 valence electrons. The van der Waals surface area contributed by atoms with E-state index in [0.29, 0.717) is 5.56 Å². The van der Waals surface area contributed by atoms with Crippen LogP contribution < -0.4 is 4.90 Å². The van der Waals surface area contributed by atoms with Crippen molar-refractivity contribution in [2.75, 3.05) is 11.9 Å². The maximum atomic E-state index is 12.2. The minimum absolute atomic E-state index is 0.0905. The van der Waals surface area contributed by atoms with Crippen LogP contribution in [0.1, 0.15) is 10.4 Å². The first-order valence-corrected chi connectivity index (χ1v) is 5.67. The van der Waals surface area contributed by atoms with E-state index in [0.717, 1.165) is 5.69 Å². The Labute approximate surface area is 110 Å². The monoisotopic (exact) mass is 256 g/mol. The van der Waals surface area contributed by atoms with Gasteiger partial charge in [-0.05, 0) is 18.2 Å². The highest BCUT2D eigenvalue weighted by Gasteiger charge is 2.16. The molecular formula is C14H12N2O3. The van der Waals surface area contributed by atoms with Crippen molar-refractivity contribution in [2.45, 2.75) is 0 Å². The Balaban J connectivity index is 2.29. The van der Waals surface area contributed by atoms with E-state index in [1.54, 1.807) is 25.2 Å². The maximum absolute atomic E-state index is 12.2. The Morgan fingerprint density at radius 2 is 1.79 bits per heavy atom. The predicted octanol–water partition coefficient (Wildman–Crippen LogP) is 2.87. The summed E-state index contributed by atoms with van der Waals surface area (Å²) in [4.78, 5) is 23.9. The summed E-state index contributed by atoms with van der Waals surface area (Å²) in [5.41, 5.74) is 0.937. The standard InChI is InChI=1S/C14H12N2O3/c1-15(12-7-3-2-4-8-12)14(17)11-6-5-9-13(10-11)16(18)19/h2-10H,1H3. The van der Waals surface area contributed by atoms with E-state index in [2.05, 4.69) is 0 Å². The van der Waals surface area contributed by atoms with Crippen LogP contribution >= 0.6 is 0 Å². The second kappa shape index (κ2) is 5.30. The fourth-order valence-corrected chi connectivity index (χ4v) is 1.72. The molecule has 0 spiro atoms. The Kier molecular flexibility index (Phi) is 3.56. The Morgan fingerprint density at radius 1 is 1.11 bits per heavy atom. The molecule has 19 heavy (non-hydrogen) atoms. The third-order valence-corrected chi connectivity index (χ3v) is 2.75. The molecule has 0 heterocycles. The summed E-state index contributed by atoms with van der Waals surface area (Å²) in [6.45, 7) is 0. The number of hydrogen-bond donors (Lipinski definition) is 0. The van der Waals surface area contributed by atoms with Gasteiger partial charge in [0.15, 0.2) is 0 Å². The predicted molar refractivity (Wildman–Crippen MR) is 72.3 cm³/mol. The number of nitro benzene ring substituents is 1. The van der Waals surface area contributed by atoms with Crippen molar-refractivity contribution in [3.05, 3.63) is 70.3 Å². The van der Waals surface area contributed by atoms with E-state index in [1.165, 1.54) is 23.1 Å². The quantitative estimate of drug-likeness (QED) is 0.626. The average Bonchev–Trinajstić information content (AvgIpc) is 2.46. The molecule has 0 fully saturated rings. The molecule has 0 bridgehead atoms. The summed E-state index contributed by atoms with van der Waals surface area (Å²) in [7, 11) is 1.64. The lowest BCUT2D eigenvalue weighted by Gasteiger charge is -2.17. The highest BCUT2D eigenvalue weighted by molar-refractivity contribution is 6.06. The third kappa shape index (κ3) is 2.77. The van der Waals surface area contributed by atoms with Crippen LogP contribution in [0.4, 0.5) is 11.4 Å². The van der Waals surface area contributed by atoms with Crippen molar-refractivity contribution < 1.29 is 9.72 Å². The largest absolute Gasteiger partial charge is 0.311 e. The summed E-state index contributed by atoms with van der Waals surface area (Å²) in [5, 5.41) is 10.7. The van der Waals surface area contributed by atoms with Crippen molar-refractivity contribution in [1.29, 1.82) is 0 Å². The number of non-ortho nitro benzene ring substituents is 1. The number of hydrogen-bond acceptors (Lipinski definition) is 3. The van der Waals surface area contributed by atoms with E-state index in [1.807, 2.05) is 18.2 Å². The van der Waals surface area contributed by atoms with Gasteiger partial charge in [-0.1, -0.05) is 24.3 Å². The summed E-state index contributed by atoms with van der Waals surface area (Å²) in [6.07, 6.45) is 0. The van der Waals surface area contributed by atoms with Crippen LogP contribution in [0, 0.1) is 10.1 Å². The molecule has 0 atom stereocenters. The summed E-state index contributed by atoms with van der Waals surface area (Å²) in [6, 6.07) is 14.8. The number of nitro groups is 1. The molecule has 0 radical (unpaired) electrons. The van der Waals surface area contributed by atoms with Gasteiger partial charge >= 0.3 is 0 Å². The van der Waals surface area contributed by atoms with Crippen molar-refractivity contribution in [3.8, 4) is 0 Å². The molecule has 2 rings (SSSR count). The van der Waals surface area contributed by atoms with E-state index in [9.17, 15) is 14.9 Å². The minimum atomic E-state index is -0.515. The third-order valence-electron chi connectivity index (χ3n) is 2.75. The van der Waals surface area contributed by atoms with Crippen LogP contribution in [-0.4, -0.2) is 17.9 Å². The van der Waals surface area contributed by atoms with Gasteiger partial charge in [-0.2, -0.15) is 0 Å². The van der Waals surface area contributed by atoms with Gasteiger partial charge in [-0.25, -0.2) is 0 Å². The lowest BCUT2D eigenvalue weighted by atomic mass is 10.1. The maximum Gasteiger partial charge on any atom is 0.270 e. The van der Waals surface area contributed by atoms with Crippen molar-refractivity contribution in [2.24, 2.45) is 0 Å². The highest BCUT2D eigenvalue weighted by Crippen LogP contribution is 2.18. The van der Waals surface area contributed by atoms with Gasteiger partial charge in [-0.3, -0.25) is 14.9 Å². The van der Waals surface area contributed by atoms with Gasteiger partial charge < -0.3 is 4.90 Å². The van der Waals surface area contributed by atoms with E-state index in [4.69, 9.17) is 0 Å². The van der Waals surface area contributed by atoms with Gasteiger partial charge in [-0.15, -0.1) is 0 Å². The number of para-hydroxylation sites is 1.